The SMILES string of the molecule is CC1C=CC(OCCN2CCCC2)=CC1.Cc1ccccc1.Oc1ccc2c(c1F)SCCO2. The Morgan fingerprint density at radius 2 is 1.91 bits per heavy atom. The lowest BCUT2D eigenvalue weighted by Crippen LogP contribution is -2.23. The molecule has 2 aromatic carbocycles. The average molecular weight is 486 g/mol. The standard InChI is InChI=1S/C13H21NO.C8H7FO2S.C7H8/c1-12-4-6-13(7-5-12)15-11-10-14-8-2-3-9-14;9-7-5(10)1-2-6-8(7)12-4-3-11-6;1-7-5-3-2-4-6-7/h4,6-7,12H,2-3,5,8-11H2,1H3;1-2,10H,3-4H2;2-6H,1H3. The summed E-state index contributed by atoms with van der Waals surface area (Å²) in [5.41, 5.74) is 1.32. The van der Waals surface area contributed by atoms with Gasteiger partial charge in [0.25, 0.3) is 0 Å². The van der Waals surface area contributed by atoms with Gasteiger partial charge >= 0.3 is 0 Å². The number of allylic oxidation sites excluding steroid dienone is 3. The van der Waals surface area contributed by atoms with Crippen LogP contribution in [0, 0.1) is 18.7 Å². The third-order valence-corrected chi connectivity index (χ3v) is 6.76. The Morgan fingerprint density at radius 3 is 2.56 bits per heavy atom. The van der Waals surface area contributed by atoms with Gasteiger partial charge in [0, 0.05) is 12.3 Å². The van der Waals surface area contributed by atoms with Crippen molar-refractivity contribution in [3.05, 3.63) is 77.8 Å². The van der Waals surface area contributed by atoms with Gasteiger partial charge in [0.15, 0.2) is 11.6 Å². The molecule has 5 rings (SSSR count). The lowest BCUT2D eigenvalue weighted by atomic mass is 10.0. The van der Waals surface area contributed by atoms with Gasteiger partial charge < -0.3 is 14.6 Å². The highest BCUT2D eigenvalue weighted by Gasteiger charge is 2.17. The Bertz CT molecular complexity index is 942. The molecule has 0 bridgehead atoms. The number of likely N-dealkylation sites (tertiary alicyclic amines) is 1. The molecule has 0 amide bonds. The Kier molecular flexibility index (Phi) is 10.8. The molecule has 1 aliphatic carbocycles. The van der Waals surface area contributed by atoms with Gasteiger partial charge in [-0.15, -0.1) is 11.8 Å². The van der Waals surface area contributed by atoms with E-state index < -0.39 is 5.82 Å². The quantitative estimate of drug-likeness (QED) is 0.529. The van der Waals surface area contributed by atoms with Gasteiger partial charge in [-0.05, 0) is 69.5 Å². The van der Waals surface area contributed by atoms with Crippen molar-refractivity contribution in [1.82, 2.24) is 4.90 Å². The van der Waals surface area contributed by atoms with E-state index in [9.17, 15) is 4.39 Å². The maximum Gasteiger partial charge on any atom is 0.182 e. The van der Waals surface area contributed by atoms with Crippen molar-refractivity contribution in [2.45, 2.75) is 38.0 Å². The smallest absolute Gasteiger partial charge is 0.182 e. The number of ether oxygens (including phenoxy) is 2. The van der Waals surface area contributed by atoms with Crippen molar-refractivity contribution >= 4 is 11.8 Å². The molecular weight excluding hydrogens is 449 g/mol. The minimum Gasteiger partial charge on any atom is -0.505 e. The average Bonchev–Trinajstić information content (AvgIpc) is 3.38. The summed E-state index contributed by atoms with van der Waals surface area (Å²) >= 11 is 1.37. The predicted octanol–water partition coefficient (Wildman–Crippen LogP) is 6.59. The highest BCUT2D eigenvalue weighted by atomic mass is 32.2. The summed E-state index contributed by atoms with van der Waals surface area (Å²) in [6.45, 7) is 9.35. The fourth-order valence-electron chi connectivity index (χ4n) is 3.72. The molecule has 2 heterocycles. The van der Waals surface area contributed by atoms with Crippen molar-refractivity contribution in [2.24, 2.45) is 5.92 Å². The van der Waals surface area contributed by atoms with E-state index in [4.69, 9.17) is 14.6 Å². The molecule has 6 heteroatoms. The molecule has 0 radical (unpaired) electrons. The molecular formula is C28H36FNO3S. The zero-order valence-corrected chi connectivity index (χ0v) is 21.0. The highest BCUT2D eigenvalue weighted by molar-refractivity contribution is 7.99. The second-order valence-corrected chi connectivity index (χ2v) is 9.76. The van der Waals surface area contributed by atoms with E-state index in [2.05, 4.69) is 49.1 Å². The largest absolute Gasteiger partial charge is 0.505 e. The van der Waals surface area contributed by atoms with Crippen LogP contribution in [-0.4, -0.2) is 48.6 Å². The fraction of sp³-hybridized carbons (Fsp3) is 0.429. The first-order chi connectivity index (χ1) is 16.5. The lowest BCUT2D eigenvalue weighted by Gasteiger charge is -2.17. The molecule has 2 aliphatic heterocycles. The van der Waals surface area contributed by atoms with Crippen LogP contribution in [0.4, 0.5) is 4.39 Å². The van der Waals surface area contributed by atoms with Crippen LogP contribution in [0.1, 0.15) is 31.7 Å². The third-order valence-electron chi connectivity index (χ3n) is 5.72. The first-order valence-corrected chi connectivity index (χ1v) is 13.0. The number of aromatic hydroxyl groups is 1. The normalized spacial score (nSPS) is 18.9. The Morgan fingerprint density at radius 1 is 1.15 bits per heavy atom. The van der Waals surface area contributed by atoms with E-state index in [1.165, 1.54) is 49.3 Å². The lowest BCUT2D eigenvalue weighted by molar-refractivity contribution is 0.178. The van der Waals surface area contributed by atoms with Crippen LogP contribution >= 0.6 is 11.8 Å². The minimum atomic E-state index is -0.572. The Labute approximate surface area is 207 Å². The molecule has 1 atom stereocenters. The van der Waals surface area contributed by atoms with Gasteiger partial charge in [-0.1, -0.05) is 48.9 Å². The number of phenolic OH excluding ortho intramolecular Hbond substituents is 1. The van der Waals surface area contributed by atoms with E-state index in [1.54, 1.807) is 6.07 Å². The predicted molar refractivity (Wildman–Crippen MR) is 138 cm³/mol. The summed E-state index contributed by atoms with van der Waals surface area (Å²) in [6.07, 6.45) is 10.4. The van der Waals surface area contributed by atoms with E-state index >= 15 is 0 Å². The number of nitrogens with zero attached hydrogens (tertiary/aromatic N) is 1. The minimum absolute atomic E-state index is 0.313. The van der Waals surface area contributed by atoms with Gasteiger partial charge in [0.05, 0.1) is 11.5 Å². The maximum absolute atomic E-state index is 13.1. The maximum atomic E-state index is 13.1. The molecule has 1 unspecified atom stereocenters. The van der Waals surface area contributed by atoms with E-state index in [0.717, 1.165) is 31.1 Å². The van der Waals surface area contributed by atoms with Crippen molar-refractivity contribution in [3.63, 3.8) is 0 Å². The van der Waals surface area contributed by atoms with Crippen LogP contribution in [0.15, 0.2) is 71.3 Å². The van der Waals surface area contributed by atoms with Gasteiger partial charge in [0.1, 0.15) is 18.1 Å². The van der Waals surface area contributed by atoms with E-state index in [0.29, 0.717) is 23.2 Å². The zero-order valence-electron chi connectivity index (χ0n) is 20.2. The molecule has 1 N–H and O–H groups in total. The molecule has 1 saturated heterocycles. The van der Waals surface area contributed by atoms with Crippen LogP contribution in [-0.2, 0) is 4.74 Å². The first kappa shape index (κ1) is 26.2. The Balaban J connectivity index is 0.000000152. The van der Waals surface area contributed by atoms with Crippen LogP contribution in [0.25, 0.3) is 0 Å². The molecule has 1 fully saturated rings. The number of benzene rings is 2. The summed E-state index contributed by atoms with van der Waals surface area (Å²) in [5.74, 6) is 2.11. The summed E-state index contributed by atoms with van der Waals surface area (Å²) in [7, 11) is 0. The van der Waals surface area contributed by atoms with Crippen molar-refractivity contribution in [3.8, 4) is 11.5 Å². The van der Waals surface area contributed by atoms with Gasteiger partial charge in [0.2, 0.25) is 0 Å². The summed E-state index contributed by atoms with van der Waals surface area (Å²) in [6, 6.07) is 13.2. The summed E-state index contributed by atoms with van der Waals surface area (Å²) in [5, 5.41) is 9.03. The molecule has 34 heavy (non-hydrogen) atoms. The monoisotopic (exact) mass is 485 g/mol. The molecule has 3 aliphatic rings. The van der Waals surface area contributed by atoms with Crippen LogP contribution < -0.4 is 4.74 Å². The fourth-order valence-corrected chi connectivity index (χ4v) is 4.59. The van der Waals surface area contributed by atoms with Crippen molar-refractivity contribution < 1.29 is 19.0 Å². The Hall–Kier alpha value is -2.44. The molecule has 0 saturated carbocycles. The second kappa shape index (κ2) is 14.1. The van der Waals surface area contributed by atoms with Crippen LogP contribution in [0.3, 0.4) is 0 Å². The molecule has 4 nitrogen and oxygen atoms in total. The summed E-state index contributed by atoms with van der Waals surface area (Å²) < 4.78 is 24.0. The number of phenols is 1. The number of halogens is 1. The second-order valence-electron chi connectivity index (χ2n) is 8.65. The third kappa shape index (κ3) is 8.73. The number of aryl methyl sites for hydroxylation is 1. The number of hydrogen-bond acceptors (Lipinski definition) is 5. The van der Waals surface area contributed by atoms with Crippen molar-refractivity contribution in [2.75, 3.05) is 38.6 Å². The van der Waals surface area contributed by atoms with E-state index in [1.807, 2.05) is 18.2 Å². The van der Waals surface area contributed by atoms with E-state index in [-0.39, 0.29) is 5.75 Å². The van der Waals surface area contributed by atoms with Gasteiger partial charge in [-0.3, -0.25) is 4.90 Å². The van der Waals surface area contributed by atoms with Gasteiger partial charge in [-0.2, -0.15) is 0 Å². The molecule has 2 aromatic rings. The molecule has 184 valence electrons. The van der Waals surface area contributed by atoms with Crippen molar-refractivity contribution in [1.29, 1.82) is 0 Å². The number of fused-ring (bicyclic) bond motifs is 1. The highest BCUT2D eigenvalue weighted by Crippen LogP contribution is 2.38. The van der Waals surface area contributed by atoms with Crippen LogP contribution in [0.2, 0.25) is 0 Å². The van der Waals surface area contributed by atoms with Gasteiger partial charge in [-0.25, -0.2) is 4.39 Å². The number of rotatable bonds is 4. The number of hydrogen-bond donors (Lipinski definition) is 1. The molecule has 0 aromatic heterocycles. The topological polar surface area (TPSA) is 41.9 Å². The first-order valence-electron chi connectivity index (χ1n) is 12.0. The zero-order chi connectivity index (χ0) is 24.2. The van der Waals surface area contributed by atoms with Crippen LogP contribution in [0.5, 0.6) is 11.5 Å². The molecule has 0 spiro atoms. The number of thioether (sulfide) groups is 1. The summed E-state index contributed by atoms with van der Waals surface area (Å²) in [4.78, 5) is 2.90.